The SMILES string of the molecule is CCCCC[n+]1ccn(CCCOC(=O)[C@](O)(c2ccccc2)[C@H]2CCC(F)(F)C2)c1C.[Br-]. The lowest BCUT2D eigenvalue weighted by Gasteiger charge is -2.32. The van der Waals surface area contributed by atoms with E-state index in [1.54, 1.807) is 30.3 Å². The Balaban J connectivity index is 0.00000385. The van der Waals surface area contributed by atoms with Crippen LogP contribution in [0.3, 0.4) is 0 Å². The summed E-state index contributed by atoms with van der Waals surface area (Å²) in [6, 6.07) is 8.32. The number of unbranched alkanes of at least 4 members (excludes halogenated alkanes) is 2. The van der Waals surface area contributed by atoms with Crippen LogP contribution < -0.4 is 21.5 Å². The molecule has 1 aromatic heterocycles. The third-order valence-corrected chi connectivity index (χ3v) is 6.56. The van der Waals surface area contributed by atoms with E-state index in [2.05, 4.69) is 29.2 Å². The van der Waals surface area contributed by atoms with E-state index in [1.165, 1.54) is 12.8 Å². The standard InChI is InChI=1S/C25H35F2N2O3.BrH/c1-3-4-8-14-28-16-17-29(20(28)2)15-9-18-32-23(30)25(31,21-10-6-5-7-11-21)22-12-13-24(26,27)19-22;/h5-7,10-11,16-17,22,31H,3-4,8-9,12-15,18-19H2,1-2H3;1H/q+1;/p-1/t22-,25-;/m0./s1. The fourth-order valence-electron chi connectivity index (χ4n) is 4.58. The van der Waals surface area contributed by atoms with E-state index in [0.29, 0.717) is 18.5 Å². The first-order valence-electron chi connectivity index (χ1n) is 11.7. The summed E-state index contributed by atoms with van der Waals surface area (Å²) >= 11 is 0. The van der Waals surface area contributed by atoms with Crippen LogP contribution in [0.4, 0.5) is 8.78 Å². The molecular weight excluding hydrogens is 494 g/mol. The van der Waals surface area contributed by atoms with Crippen LogP contribution in [0, 0.1) is 12.8 Å². The molecule has 1 fully saturated rings. The van der Waals surface area contributed by atoms with Crippen molar-refractivity contribution in [1.82, 2.24) is 4.57 Å². The molecule has 1 heterocycles. The van der Waals surface area contributed by atoms with Crippen LogP contribution in [-0.2, 0) is 28.2 Å². The van der Waals surface area contributed by atoms with E-state index < -0.39 is 29.8 Å². The number of nitrogens with zero attached hydrogens (tertiary/aromatic N) is 2. The molecule has 0 amide bonds. The predicted octanol–water partition coefficient (Wildman–Crippen LogP) is 1.53. The molecule has 0 unspecified atom stereocenters. The van der Waals surface area contributed by atoms with Crippen LogP contribution in [-0.4, -0.2) is 28.2 Å². The molecule has 1 saturated carbocycles. The maximum absolute atomic E-state index is 13.9. The van der Waals surface area contributed by atoms with Crippen molar-refractivity contribution in [3.63, 3.8) is 0 Å². The number of imidazole rings is 1. The van der Waals surface area contributed by atoms with Gasteiger partial charge in [0.05, 0.1) is 19.7 Å². The largest absolute Gasteiger partial charge is 1.00 e. The average molecular weight is 529 g/mol. The Hall–Kier alpha value is -1.80. The lowest BCUT2D eigenvalue weighted by Crippen LogP contribution is -3.00. The highest BCUT2D eigenvalue weighted by atomic mass is 79.9. The Morgan fingerprint density at radius 3 is 2.64 bits per heavy atom. The summed E-state index contributed by atoms with van der Waals surface area (Å²) in [5.74, 6) is -3.44. The summed E-state index contributed by atoms with van der Waals surface area (Å²) in [4.78, 5) is 13.0. The molecule has 1 aliphatic rings. The number of hydrogen-bond donors (Lipinski definition) is 1. The van der Waals surface area contributed by atoms with Crippen LogP contribution >= 0.6 is 0 Å². The lowest BCUT2D eigenvalue weighted by molar-refractivity contribution is -0.702. The number of alkyl halides is 2. The molecule has 1 aliphatic carbocycles. The van der Waals surface area contributed by atoms with Crippen molar-refractivity contribution in [2.45, 2.75) is 83.4 Å². The summed E-state index contributed by atoms with van der Waals surface area (Å²) in [7, 11) is 0. The normalized spacial score (nSPS) is 19.0. The highest BCUT2D eigenvalue weighted by molar-refractivity contribution is 5.81. The van der Waals surface area contributed by atoms with Crippen LogP contribution in [0.15, 0.2) is 42.7 Å². The maximum atomic E-state index is 13.9. The molecule has 5 nitrogen and oxygen atoms in total. The summed E-state index contributed by atoms with van der Waals surface area (Å²) < 4.78 is 37.5. The van der Waals surface area contributed by atoms with Crippen molar-refractivity contribution >= 4 is 5.97 Å². The van der Waals surface area contributed by atoms with E-state index >= 15 is 0 Å². The Bertz CT molecular complexity index is 891. The number of carbonyl (C=O) groups excluding carboxylic acids is 1. The molecule has 1 aromatic carbocycles. The van der Waals surface area contributed by atoms with Gasteiger partial charge in [-0.1, -0.05) is 43.7 Å². The van der Waals surface area contributed by atoms with Gasteiger partial charge in [0.15, 0.2) is 5.60 Å². The molecule has 184 valence electrons. The number of aromatic nitrogens is 2. The third-order valence-electron chi connectivity index (χ3n) is 6.56. The monoisotopic (exact) mass is 528 g/mol. The molecule has 0 saturated heterocycles. The number of hydrogen-bond acceptors (Lipinski definition) is 3. The maximum Gasteiger partial charge on any atom is 0.343 e. The average Bonchev–Trinajstić information content (AvgIpc) is 3.33. The van der Waals surface area contributed by atoms with Gasteiger partial charge in [0, 0.05) is 32.1 Å². The van der Waals surface area contributed by atoms with Gasteiger partial charge in [-0.05, 0) is 24.8 Å². The molecule has 33 heavy (non-hydrogen) atoms. The number of benzene rings is 1. The zero-order chi connectivity index (χ0) is 23.2. The molecule has 2 atom stereocenters. The van der Waals surface area contributed by atoms with Crippen LogP contribution in [0.2, 0.25) is 0 Å². The molecule has 0 aliphatic heterocycles. The quantitative estimate of drug-likeness (QED) is 0.273. The summed E-state index contributed by atoms with van der Waals surface area (Å²) in [6.07, 6.45) is 7.40. The van der Waals surface area contributed by atoms with Gasteiger partial charge in [-0.2, -0.15) is 0 Å². The number of halogens is 3. The van der Waals surface area contributed by atoms with Gasteiger partial charge in [-0.15, -0.1) is 0 Å². The van der Waals surface area contributed by atoms with Gasteiger partial charge in [-0.25, -0.2) is 22.7 Å². The van der Waals surface area contributed by atoms with Gasteiger partial charge < -0.3 is 26.8 Å². The lowest BCUT2D eigenvalue weighted by atomic mass is 9.80. The number of ether oxygens (including phenoxy) is 1. The summed E-state index contributed by atoms with van der Waals surface area (Å²) in [6.45, 7) is 6.01. The van der Waals surface area contributed by atoms with Crippen molar-refractivity contribution in [1.29, 1.82) is 0 Å². The van der Waals surface area contributed by atoms with E-state index in [9.17, 15) is 18.7 Å². The second-order valence-electron chi connectivity index (χ2n) is 8.86. The second kappa shape index (κ2) is 12.1. The van der Waals surface area contributed by atoms with Gasteiger partial charge >= 0.3 is 5.97 Å². The molecule has 0 radical (unpaired) electrons. The van der Waals surface area contributed by atoms with Crippen LogP contribution in [0.5, 0.6) is 0 Å². The number of carbonyl (C=O) groups is 1. The molecular formula is C25H35BrF2N2O3. The zero-order valence-electron chi connectivity index (χ0n) is 19.5. The van der Waals surface area contributed by atoms with Crippen molar-refractivity contribution in [3.8, 4) is 0 Å². The highest BCUT2D eigenvalue weighted by Crippen LogP contribution is 2.47. The van der Waals surface area contributed by atoms with Gasteiger partial charge in [0.2, 0.25) is 5.92 Å². The number of esters is 1. The highest BCUT2D eigenvalue weighted by Gasteiger charge is 2.54. The van der Waals surface area contributed by atoms with Gasteiger partial charge in [0.1, 0.15) is 12.4 Å². The minimum atomic E-state index is -2.87. The second-order valence-corrected chi connectivity index (χ2v) is 8.86. The van der Waals surface area contributed by atoms with Crippen LogP contribution in [0.1, 0.15) is 63.3 Å². The third kappa shape index (κ3) is 6.63. The Morgan fingerprint density at radius 2 is 2.00 bits per heavy atom. The smallest absolute Gasteiger partial charge is 0.343 e. The molecule has 3 rings (SSSR count). The topological polar surface area (TPSA) is 55.3 Å². The molecule has 8 heteroatoms. The Labute approximate surface area is 205 Å². The van der Waals surface area contributed by atoms with Gasteiger partial charge in [-0.3, -0.25) is 0 Å². The Morgan fingerprint density at radius 1 is 1.27 bits per heavy atom. The molecule has 2 aromatic rings. The zero-order valence-corrected chi connectivity index (χ0v) is 21.1. The van der Waals surface area contributed by atoms with E-state index in [1.807, 2.05) is 6.20 Å². The van der Waals surface area contributed by atoms with Crippen molar-refractivity contribution < 1.29 is 45.0 Å². The summed E-state index contributed by atoms with van der Waals surface area (Å²) in [5.41, 5.74) is -1.76. The van der Waals surface area contributed by atoms with Crippen LogP contribution in [0.25, 0.3) is 0 Å². The number of rotatable bonds is 11. The minimum absolute atomic E-state index is 0. The molecule has 0 spiro atoms. The number of aryl methyl sites for hydroxylation is 2. The van der Waals surface area contributed by atoms with E-state index in [4.69, 9.17) is 4.74 Å². The molecule has 1 N–H and O–H groups in total. The van der Waals surface area contributed by atoms with Crippen molar-refractivity contribution in [2.24, 2.45) is 5.92 Å². The van der Waals surface area contributed by atoms with Gasteiger partial charge in [0.25, 0.3) is 5.82 Å². The minimum Gasteiger partial charge on any atom is -1.00 e. The first kappa shape index (κ1) is 27.4. The predicted molar refractivity (Wildman–Crippen MR) is 117 cm³/mol. The Kier molecular flexibility index (Phi) is 10.0. The molecule has 0 bridgehead atoms. The fraction of sp³-hybridized carbons (Fsp3) is 0.600. The van der Waals surface area contributed by atoms with E-state index in [0.717, 1.165) is 18.8 Å². The number of aliphatic hydroxyl groups is 1. The fourth-order valence-corrected chi connectivity index (χ4v) is 4.58. The van der Waals surface area contributed by atoms with Crippen molar-refractivity contribution in [3.05, 3.63) is 54.1 Å². The first-order chi connectivity index (χ1) is 15.3. The van der Waals surface area contributed by atoms with Crippen molar-refractivity contribution in [2.75, 3.05) is 6.61 Å². The van der Waals surface area contributed by atoms with E-state index in [-0.39, 0.29) is 36.4 Å². The summed E-state index contributed by atoms with van der Waals surface area (Å²) in [5, 5.41) is 11.3. The first-order valence-corrected chi connectivity index (χ1v) is 11.7.